The van der Waals surface area contributed by atoms with E-state index >= 15 is 0 Å². The van der Waals surface area contributed by atoms with Gasteiger partial charge in [-0.1, -0.05) is 57.6 Å². The van der Waals surface area contributed by atoms with E-state index in [1.807, 2.05) is 0 Å². The molecule has 0 saturated heterocycles. The molecule has 0 radical (unpaired) electrons. The lowest BCUT2D eigenvalue weighted by atomic mass is 9.67. The largest absolute Gasteiger partial charge is 0.525 e. The molecule has 0 N–H and O–H groups in total. The van der Waals surface area contributed by atoms with E-state index in [4.69, 9.17) is 0 Å². The van der Waals surface area contributed by atoms with E-state index in [2.05, 4.69) is 11.7 Å². The number of allylic oxidation sites excluding steroid dienone is 2. The monoisotopic (exact) mass is 416 g/mol. The molecule has 1 atom stereocenters. The van der Waals surface area contributed by atoms with Crippen LogP contribution in [-0.4, -0.2) is 12.2 Å². The van der Waals surface area contributed by atoms with Crippen LogP contribution in [0.15, 0.2) is 23.8 Å². The lowest BCUT2D eigenvalue weighted by Gasteiger charge is -2.39. The van der Waals surface area contributed by atoms with Gasteiger partial charge in [0.25, 0.3) is 0 Å². The maximum atomic E-state index is 14.5. The third kappa shape index (κ3) is 6.83. The highest BCUT2D eigenvalue weighted by molar-refractivity contribution is 5.29. The number of ether oxygens (including phenoxy) is 1. The van der Waals surface area contributed by atoms with Crippen molar-refractivity contribution >= 4 is 0 Å². The Morgan fingerprint density at radius 3 is 2.17 bits per heavy atom. The highest BCUT2D eigenvalue weighted by Gasteiger charge is 2.44. The number of unbranched alkanes of at least 4 members (excludes halogenated alkanes) is 2. The second-order valence-corrected chi connectivity index (χ2v) is 9.47. The number of halogens is 4. The second kappa shape index (κ2) is 9.98. The van der Waals surface area contributed by atoms with Crippen molar-refractivity contribution in [3.05, 3.63) is 23.8 Å². The van der Waals surface area contributed by atoms with Gasteiger partial charge in [0.15, 0.2) is 0 Å². The lowest BCUT2D eigenvalue weighted by molar-refractivity contribution is -0.380. The van der Waals surface area contributed by atoms with E-state index < -0.39 is 12.2 Å². The minimum Gasteiger partial charge on any atom is -0.250 e. The van der Waals surface area contributed by atoms with Crippen LogP contribution in [0.5, 0.6) is 0 Å². The summed E-state index contributed by atoms with van der Waals surface area (Å²) in [4.78, 5) is 0. The smallest absolute Gasteiger partial charge is 0.250 e. The molecule has 29 heavy (non-hydrogen) atoms. The van der Waals surface area contributed by atoms with Crippen molar-refractivity contribution in [3.63, 3.8) is 0 Å². The van der Waals surface area contributed by atoms with Crippen LogP contribution in [-0.2, 0) is 4.74 Å². The summed E-state index contributed by atoms with van der Waals surface area (Å²) in [7, 11) is 0. The van der Waals surface area contributed by atoms with Crippen LogP contribution >= 0.6 is 0 Å². The summed E-state index contributed by atoms with van der Waals surface area (Å²) >= 11 is 0. The van der Waals surface area contributed by atoms with Crippen LogP contribution in [0.2, 0.25) is 0 Å². The van der Waals surface area contributed by atoms with Gasteiger partial charge in [-0.15, -0.1) is 13.2 Å². The van der Waals surface area contributed by atoms with E-state index in [1.165, 1.54) is 57.4 Å². The molecule has 166 valence electrons. The zero-order valence-electron chi connectivity index (χ0n) is 17.7. The number of hydrogen-bond acceptors (Lipinski definition) is 1. The summed E-state index contributed by atoms with van der Waals surface area (Å²) in [6.45, 7) is 2.25. The minimum absolute atomic E-state index is 0.153. The summed E-state index contributed by atoms with van der Waals surface area (Å²) < 4.78 is 55.8. The molecule has 0 aliphatic heterocycles. The number of alkyl halides is 4. The molecule has 0 amide bonds. The minimum atomic E-state index is -4.96. The lowest BCUT2D eigenvalue weighted by Crippen LogP contribution is -2.34. The molecular weight excluding hydrogens is 380 g/mol. The third-order valence-electron chi connectivity index (χ3n) is 7.39. The van der Waals surface area contributed by atoms with Crippen LogP contribution < -0.4 is 0 Å². The van der Waals surface area contributed by atoms with Crippen LogP contribution in [0.3, 0.4) is 0 Å². The van der Waals surface area contributed by atoms with Gasteiger partial charge in [-0.05, 0) is 73.8 Å². The molecule has 0 aromatic heterocycles. The SMILES string of the molecule is CCCCCC1CCC(C2CCC(C3=CC(F)(OC(F)(F)F)CC=C3)CC2)CC1. The molecule has 2 saturated carbocycles. The number of rotatable bonds is 7. The zero-order valence-corrected chi connectivity index (χ0v) is 17.7. The molecule has 2 fully saturated rings. The highest BCUT2D eigenvalue weighted by Crippen LogP contribution is 2.45. The molecule has 1 unspecified atom stereocenters. The highest BCUT2D eigenvalue weighted by atomic mass is 19.4. The summed E-state index contributed by atoms with van der Waals surface area (Å²) in [5, 5.41) is 0. The zero-order chi connectivity index (χ0) is 20.9. The fraction of sp³-hybridized carbons (Fsp3) is 0.833. The fourth-order valence-corrected chi connectivity index (χ4v) is 5.78. The molecule has 0 aromatic carbocycles. The molecule has 0 heterocycles. The van der Waals surface area contributed by atoms with Gasteiger partial charge in [0.1, 0.15) is 0 Å². The van der Waals surface area contributed by atoms with Crippen molar-refractivity contribution in [2.75, 3.05) is 0 Å². The molecule has 0 aromatic rings. The molecule has 0 spiro atoms. The predicted molar refractivity (Wildman–Crippen MR) is 108 cm³/mol. The van der Waals surface area contributed by atoms with Crippen molar-refractivity contribution < 1.29 is 22.3 Å². The van der Waals surface area contributed by atoms with E-state index in [0.717, 1.165) is 49.5 Å². The first kappa shape index (κ1) is 22.8. The van der Waals surface area contributed by atoms with E-state index in [0.29, 0.717) is 5.57 Å². The summed E-state index contributed by atoms with van der Waals surface area (Å²) in [6.07, 6.45) is 13.9. The first-order valence-electron chi connectivity index (χ1n) is 11.6. The predicted octanol–water partition coefficient (Wildman–Crippen LogP) is 8.27. The van der Waals surface area contributed by atoms with Crippen LogP contribution in [0.25, 0.3) is 0 Å². The van der Waals surface area contributed by atoms with Gasteiger partial charge in [0, 0.05) is 6.42 Å². The fourth-order valence-electron chi connectivity index (χ4n) is 5.78. The van der Waals surface area contributed by atoms with Crippen molar-refractivity contribution in [1.82, 2.24) is 0 Å². The Kier molecular flexibility index (Phi) is 7.86. The quantitative estimate of drug-likeness (QED) is 0.300. The Morgan fingerprint density at radius 2 is 1.59 bits per heavy atom. The average Bonchev–Trinajstić information content (AvgIpc) is 2.67. The summed E-state index contributed by atoms with van der Waals surface area (Å²) in [5.74, 6) is -0.145. The topological polar surface area (TPSA) is 9.23 Å². The van der Waals surface area contributed by atoms with Crippen LogP contribution in [0.1, 0.15) is 90.4 Å². The molecule has 5 heteroatoms. The molecular formula is C24H36F4O. The van der Waals surface area contributed by atoms with Gasteiger partial charge in [-0.2, -0.15) is 0 Å². The van der Waals surface area contributed by atoms with Gasteiger partial charge in [-0.25, -0.2) is 4.39 Å². The first-order valence-corrected chi connectivity index (χ1v) is 11.6. The Hall–Kier alpha value is -0.840. The molecule has 0 bridgehead atoms. The molecule has 3 aliphatic rings. The van der Waals surface area contributed by atoms with Crippen LogP contribution in [0, 0.1) is 23.7 Å². The van der Waals surface area contributed by atoms with E-state index in [9.17, 15) is 17.6 Å². The second-order valence-electron chi connectivity index (χ2n) is 9.47. The Labute approximate surface area is 173 Å². The first-order chi connectivity index (χ1) is 13.8. The Morgan fingerprint density at radius 1 is 0.966 bits per heavy atom. The van der Waals surface area contributed by atoms with Gasteiger partial charge in [0.2, 0.25) is 5.85 Å². The summed E-state index contributed by atoms with van der Waals surface area (Å²) in [6, 6.07) is 0. The molecule has 1 nitrogen and oxygen atoms in total. The van der Waals surface area contributed by atoms with Crippen molar-refractivity contribution in [2.45, 2.75) is 103 Å². The van der Waals surface area contributed by atoms with Crippen LogP contribution in [0.4, 0.5) is 17.6 Å². The Balaban J connectivity index is 1.46. The maximum absolute atomic E-state index is 14.5. The van der Waals surface area contributed by atoms with E-state index in [1.54, 1.807) is 6.08 Å². The van der Waals surface area contributed by atoms with Crippen molar-refractivity contribution in [2.24, 2.45) is 23.7 Å². The van der Waals surface area contributed by atoms with Gasteiger partial charge >= 0.3 is 6.36 Å². The molecule has 3 rings (SSSR count). The maximum Gasteiger partial charge on any atom is 0.525 e. The summed E-state index contributed by atoms with van der Waals surface area (Å²) in [5.41, 5.74) is 0.682. The van der Waals surface area contributed by atoms with Crippen molar-refractivity contribution in [1.29, 1.82) is 0 Å². The van der Waals surface area contributed by atoms with Gasteiger partial charge in [-0.3, -0.25) is 4.74 Å². The standard InChI is InChI=1S/C24H36F4O/c1-2-3-4-6-18-8-10-19(11-9-18)20-12-14-21(15-13-20)22-7-5-16-23(25,17-22)29-24(26,27)28/h5,7,17-21H,2-4,6,8-16H2,1H3. The van der Waals surface area contributed by atoms with E-state index in [-0.39, 0.29) is 12.3 Å². The normalized spacial score (nSPS) is 36.1. The number of hydrogen-bond donors (Lipinski definition) is 0. The average molecular weight is 417 g/mol. The van der Waals surface area contributed by atoms with Gasteiger partial charge < -0.3 is 0 Å². The van der Waals surface area contributed by atoms with Crippen molar-refractivity contribution in [3.8, 4) is 0 Å². The Bertz CT molecular complexity index is 566. The van der Waals surface area contributed by atoms with Gasteiger partial charge in [0.05, 0.1) is 0 Å². The molecule has 3 aliphatic carbocycles. The third-order valence-corrected chi connectivity index (χ3v) is 7.39.